The fraction of sp³-hybridized carbons (Fsp3) is 0.400. The summed E-state index contributed by atoms with van der Waals surface area (Å²) in [7, 11) is -3.27. The molecule has 0 amide bonds. The maximum atomic E-state index is 10.5. The monoisotopic (exact) mass is 201 g/mol. The summed E-state index contributed by atoms with van der Waals surface area (Å²) in [6, 6.07) is 0. The Balaban J connectivity index is 0. The molecule has 0 heterocycles. The van der Waals surface area contributed by atoms with Gasteiger partial charge in [0.1, 0.15) is 0 Å². The van der Waals surface area contributed by atoms with Crippen LogP contribution in [0, 0.1) is 6.92 Å². The molecule has 0 aliphatic rings. The van der Waals surface area contributed by atoms with Crippen LogP contribution in [0.3, 0.4) is 0 Å². The summed E-state index contributed by atoms with van der Waals surface area (Å²) in [5, 5.41) is 9.29. The first-order chi connectivity index (χ1) is 3.98. The van der Waals surface area contributed by atoms with Gasteiger partial charge in [-0.3, -0.25) is 0 Å². The third-order valence-corrected chi connectivity index (χ3v) is 2.04. The van der Waals surface area contributed by atoms with E-state index in [1.807, 2.05) is 0 Å². The standard InChI is InChI=1S/C5H9O3S.Cr/c1-3-9(7,8)4-5(2)6;/h3,5-6H,1-2,4H2;/q-1;. The summed E-state index contributed by atoms with van der Waals surface area (Å²) in [6.07, 6.45) is -1.06. The van der Waals surface area contributed by atoms with Gasteiger partial charge in [0, 0.05) is 22.8 Å². The van der Waals surface area contributed by atoms with Gasteiger partial charge >= 0.3 is 0 Å². The first-order valence-electron chi connectivity index (χ1n) is 2.34. The Bertz CT molecular complexity index is 183. The van der Waals surface area contributed by atoms with E-state index in [9.17, 15) is 8.42 Å². The maximum absolute atomic E-state index is 10.5. The Labute approximate surface area is 71.8 Å². The molecule has 0 aromatic heterocycles. The van der Waals surface area contributed by atoms with E-state index < -0.39 is 15.9 Å². The van der Waals surface area contributed by atoms with Crippen LogP contribution in [-0.4, -0.2) is 25.4 Å². The molecule has 0 aliphatic heterocycles. The van der Waals surface area contributed by atoms with Gasteiger partial charge < -0.3 is 12.0 Å². The number of hydrogen-bond acceptors (Lipinski definition) is 3. The van der Waals surface area contributed by atoms with Crippen LogP contribution in [0.25, 0.3) is 0 Å². The molecule has 0 rings (SSSR count). The van der Waals surface area contributed by atoms with Gasteiger partial charge in [0.2, 0.25) is 0 Å². The third kappa shape index (κ3) is 6.30. The van der Waals surface area contributed by atoms with E-state index in [-0.39, 0.29) is 23.1 Å². The number of rotatable bonds is 3. The van der Waals surface area contributed by atoms with Gasteiger partial charge in [0.25, 0.3) is 0 Å². The molecular weight excluding hydrogens is 192 g/mol. The minimum Gasteiger partial charge on any atom is -0.424 e. The van der Waals surface area contributed by atoms with Crippen molar-refractivity contribution in [3.05, 3.63) is 18.9 Å². The summed E-state index contributed by atoms with van der Waals surface area (Å²) >= 11 is 0. The van der Waals surface area contributed by atoms with Crippen molar-refractivity contribution in [3.63, 3.8) is 0 Å². The van der Waals surface area contributed by atoms with E-state index in [0.717, 1.165) is 5.41 Å². The van der Waals surface area contributed by atoms with E-state index in [2.05, 4.69) is 13.5 Å². The van der Waals surface area contributed by atoms with E-state index in [0.29, 0.717) is 0 Å². The van der Waals surface area contributed by atoms with Crippen LogP contribution in [-0.2, 0) is 27.2 Å². The second-order valence-electron chi connectivity index (χ2n) is 1.65. The second-order valence-corrected chi connectivity index (χ2v) is 3.64. The molecule has 0 spiro atoms. The molecule has 0 fully saturated rings. The summed E-state index contributed by atoms with van der Waals surface area (Å²) in [5.41, 5.74) is 0. The first kappa shape index (κ1) is 12.8. The van der Waals surface area contributed by atoms with Gasteiger partial charge in [0.15, 0.2) is 9.84 Å². The van der Waals surface area contributed by atoms with Crippen LogP contribution in [0.1, 0.15) is 0 Å². The van der Waals surface area contributed by atoms with Crippen LogP contribution in [0.4, 0.5) is 0 Å². The van der Waals surface area contributed by atoms with Crippen molar-refractivity contribution in [2.45, 2.75) is 6.10 Å². The molecule has 1 N–H and O–H groups in total. The van der Waals surface area contributed by atoms with Crippen molar-refractivity contribution in [2.75, 3.05) is 5.75 Å². The molecule has 0 radical (unpaired) electrons. The van der Waals surface area contributed by atoms with Crippen molar-refractivity contribution >= 4 is 9.84 Å². The molecule has 0 bridgehead atoms. The Morgan fingerprint density at radius 3 is 2.20 bits per heavy atom. The molecule has 0 saturated carbocycles. The van der Waals surface area contributed by atoms with Gasteiger partial charge in [0.05, 0.1) is 5.75 Å². The van der Waals surface area contributed by atoms with Crippen LogP contribution >= 0.6 is 0 Å². The fourth-order valence-corrected chi connectivity index (χ4v) is 1.01. The first-order valence-corrected chi connectivity index (χ1v) is 4.06. The smallest absolute Gasteiger partial charge is 0.170 e. The average Bonchev–Trinajstić information content (AvgIpc) is 1.63. The predicted molar refractivity (Wildman–Crippen MR) is 35.3 cm³/mol. The molecule has 0 saturated heterocycles. The third-order valence-electron chi connectivity index (χ3n) is 0.679. The minimum atomic E-state index is -3.27. The Hall–Kier alpha value is 0.182. The van der Waals surface area contributed by atoms with E-state index >= 15 is 0 Å². The number of aliphatic hydroxyl groups excluding tert-OH is 1. The van der Waals surface area contributed by atoms with Crippen LogP contribution in [0.5, 0.6) is 0 Å². The normalized spacial score (nSPS) is 13.4. The molecule has 3 nitrogen and oxygen atoms in total. The van der Waals surface area contributed by atoms with Crippen LogP contribution < -0.4 is 0 Å². The zero-order chi connectivity index (χ0) is 7.49. The quantitative estimate of drug-likeness (QED) is 0.640. The Morgan fingerprint density at radius 1 is 1.70 bits per heavy atom. The topological polar surface area (TPSA) is 54.4 Å². The maximum Gasteiger partial charge on any atom is 0.170 e. The Kier molecular flexibility index (Phi) is 6.30. The minimum absolute atomic E-state index is 0. The van der Waals surface area contributed by atoms with Gasteiger partial charge in [-0.05, 0) is 0 Å². The molecule has 0 aromatic carbocycles. The molecule has 60 valence electrons. The molecular formula is C5H9CrO3S-. The number of sulfone groups is 1. The summed E-state index contributed by atoms with van der Waals surface area (Å²) in [4.78, 5) is 0. The Morgan fingerprint density at radius 2 is 2.10 bits per heavy atom. The molecule has 1 atom stereocenters. The summed E-state index contributed by atoms with van der Waals surface area (Å²) < 4.78 is 21.0. The summed E-state index contributed by atoms with van der Waals surface area (Å²) in [6.45, 7) is 6.16. The van der Waals surface area contributed by atoms with Gasteiger partial charge in [-0.25, -0.2) is 8.42 Å². The van der Waals surface area contributed by atoms with E-state index in [1.54, 1.807) is 0 Å². The van der Waals surface area contributed by atoms with Crippen molar-refractivity contribution in [2.24, 2.45) is 0 Å². The molecule has 5 heteroatoms. The van der Waals surface area contributed by atoms with Crippen molar-refractivity contribution < 1.29 is 30.9 Å². The van der Waals surface area contributed by atoms with Gasteiger partial charge in [-0.15, -0.1) is 0 Å². The van der Waals surface area contributed by atoms with Gasteiger partial charge in [-0.2, -0.15) is 0 Å². The van der Waals surface area contributed by atoms with Gasteiger partial charge in [-0.1, -0.05) is 12.7 Å². The number of aliphatic hydroxyl groups is 1. The molecule has 0 aliphatic carbocycles. The van der Waals surface area contributed by atoms with Crippen LogP contribution in [0.15, 0.2) is 12.0 Å². The zero-order valence-corrected chi connectivity index (χ0v) is 7.45. The van der Waals surface area contributed by atoms with Crippen molar-refractivity contribution in [3.8, 4) is 0 Å². The van der Waals surface area contributed by atoms with Crippen molar-refractivity contribution in [1.82, 2.24) is 0 Å². The largest absolute Gasteiger partial charge is 0.424 e. The number of hydrogen-bond donors (Lipinski definition) is 1. The fourth-order valence-electron chi connectivity index (χ4n) is 0.336. The molecule has 10 heavy (non-hydrogen) atoms. The van der Waals surface area contributed by atoms with E-state index in [4.69, 9.17) is 5.11 Å². The zero-order valence-electron chi connectivity index (χ0n) is 5.36. The van der Waals surface area contributed by atoms with E-state index in [1.165, 1.54) is 0 Å². The molecule has 0 aromatic rings. The second kappa shape index (κ2) is 4.92. The predicted octanol–water partition coefficient (Wildman–Crippen LogP) is -0.263. The van der Waals surface area contributed by atoms with Crippen molar-refractivity contribution in [1.29, 1.82) is 0 Å². The SMILES string of the molecule is C=CS(=O)(=O)CC([CH2-])O.[Cr]. The molecule has 1 unspecified atom stereocenters. The van der Waals surface area contributed by atoms with Crippen LogP contribution in [0.2, 0.25) is 0 Å². The average molecular weight is 201 g/mol. The summed E-state index contributed by atoms with van der Waals surface area (Å²) in [5.74, 6) is -0.351.